The van der Waals surface area contributed by atoms with E-state index in [1.54, 1.807) is 38.4 Å². The van der Waals surface area contributed by atoms with E-state index in [1.807, 2.05) is 31.3 Å². The second-order valence-electron chi connectivity index (χ2n) is 9.44. The molecule has 1 amide bonds. The van der Waals surface area contributed by atoms with Gasteiger partial charge in [-0.05, 0) is 42.7 Å². The Morgan fingerprint density at radius 2 is 1.72 bits per heavy atom. The minimum atomic E-state index is -0.983. The van der Waals surface area contributed by atoms with E-state index in [1.165, 1.54) is 24.2 Å². The normalized spacial score (nSPS) is 14.8. The van der Waals surface area contributed by atoms with Crippen molar-refractivity contribution >= 4 is 34.7 Å². The summed E-state index contributed by atoms with van der Waals surface area (Å²) in [6.07, 6.45) is 5.61. The summed E-state index contributed by atoms with van der Waals surface area (Å²) in [6, 6.07) is 13.9. The van der Waals surface area contributed by atoms with Crippen molar-refractivity contribution in [3.8, 4) is 5.75 Å². The lowest BCUT2D eigenvalue weighted by atomic mass is 9.95. The fraction of sp³-hybridized carbons (Fsp3) is 0.407. The van der Waals surface area contributed by atoms with Gasteiger partial charge in [0, 0.05) is 39.0 Å². The quantitative estimate of drug-likeness (QED) is 0.472. The third kappa shape index (κ3) is 6.02. The van der Waals surface area contributed by atoms with Gasteiger partial charge in [-0.1, -0.05) is 43.5 Å². The lowest BCUT2D eigenvalue weighted by Crippen LogP contribution is -2.35. The number of anilines is 2. The first-order valence-corrected chi connectivity index (χ1v) is 12.3. The van der Waals surface area contributed by atoms with Gasteiger partial charge in [0.25, 0.3) is 0 Å². The molecule has 1 aliphatic rings. The predicted octanol–water partition coefficient (Wildman–Crippen LogP) is 4.57. The Labute approximate surface area is 211 Å². The van der Waals surface area contributed by atoms with Crippen molar-refractivity contribution in [3.05, 3.63) is 54.1 Å². The van der Waals surface area contributed by atoms with Crippen LogP contribution in [0.25, 0.3) is 10.9 Å². The number of hydrogen-bond donors (Lipinski definition) is 2. The summed E-state index contributed by atoms with van der Waals surface area (Å²) in [5.74, 6) is 0.513. The number of carboxylic acids is 1. The molecule has 3 aromatic rings. The fourth-order valence-electron chi connectivity index (χ4n) is 4.45. The molecule has 1 saturated carbocycles. The van der Waals surface area contributed by atoms with Crippen LogP contribution in [0.1, 0.15) is 37.7 Å². The van der Waals surface area contributed by atoms with Gasteiger partial charge in [0.05, 0.1) is 5.52 Å². The van der Waals surface area contributed by atoms with E-state index < -0.39 is 18.1 Å². The molecule has 0 unspecified atom stereocenters. The number of benzene rings is 2. The monoisotopic (exact) mass is 491 g/mol. The smallest absolute Gasteiger partial charge is 0.414 e. The SMILES string of the molecule is CN(C)C(=O)Oc1ccc(C[C@H](Nc2nc(N(C)C3CCCCC3)nc3ccccc23)C(=O)O)cc1. The van der Waals surface area contributed by atoms with Crippen LogP contribution in [0.3, 0.4) is 0 Å². The van der Waals surface area contributed by atoms with Crippen molar-refractivity contribution in [1.29, 1.82) is 0 Å². The van der Waals surface area contributed by atoms with Gasteiger partial charge in [0.1, 0.15) is 17.6 Å². The standard InChI is InChI=1S/C27H33N5O4/c1-31(2)27(35)36-20-15-13-18(14-16-20)17-23(25(33)34)28-24-21-11-7-8-12-22(21)29-26(30-24)32(3)19-9-5-4-6-10-19/h7-8,11-16,19,23H,4-6,9-10,17H2,1-3H3,(H,33,34)(H,28,29,30)/t23-/m0/s1. The summed E-state index contributed by atoms with van der Waals surface area (Å²) in [7, 11) is 5.23. The Bertz CT molecular complexity index is 1210. The molecule has 1 aromatic heterocycles. The van der Waals surface area contributed by atoms with E-state index in [0.717, 1.165) is 29.3 Å². The lowest BCUT2D eigenvalue weighted by molar-refractivity contribution is -0.137. The molecule has 0 bridgehead atoms. The number of aromatic nitrogens is 2. The number of fused-ring (bicyclic) bond motifs is 1. The van der Waals surface area contributed by atoms with Crippen LogP contribution in [0.4, 0.5) is 16.6 Å². The number of carbonyl (C=O) groups excluding carboxylic acids is 1. The highest BCUT2D eigenvalue weighted by Crippen LogP contribution is 2.28. The van der Waals surface area contributed by atoms with Crippen LogP contribution in [0.5, 0.6) is 5.75 Å². The summed E-state index contributed by atoms with van der Waals surface area (Å²) >= 11 is 0. The van der Waals surface area contributed by atoms with Crippen LogP contribution in [-0.2, 0) is 11.2 Å². The first-order chi connectivity index (χ1) is 17.3. The zero-order chi connectivity index (χ0) is 25.7. The molecule has 0 radical (unpaired) electrons. The molecule has 1 aliphatic carbocycles. The number of hydrogen-bond acceptors (Lipinski definition) is 7. The zero-order valence-electron chi connectivity index (χ0n) is 21.0. The Kier molecular flexibility index (Phi) is 7.87. The molecule has 190 valence electrons. The van der Waals surface area contributed by atoms with Crippen molar-refractivity contribution in [3.63, 3.8) is 0 Å². The molecule has 1 atom stereocenters. The van der Waals surface area contributed by atoms with E-state index in [-0.39, 0.29) is 6.42 Å². The highest BCUT2D eigenvalue weighted by Gasteiger charge is 2.24. The molecule has 1 heterocycles. The van der Waals surface area contributed by atoms with Gasteiger partial charge in [-0.3, -0.25) is 0 Å². The van der Waals surface area contributed by atoms with Gasteiger partial charge in [-0.2, -0.15) is 4.98 Å². The average Bonchev–Trinajstić information content (AvgIpc) is 2.89. The number of aliphatic carboxylic acids is 1. The molecule has 36 heavy (non-hydrogen) atoms. The molecule has 1 fully saturated rings. The Balaban J connectivity index is 1.56. The molecule has 0 saturated heterocycles. The molecule has 0 spiro atoms. The van der Waals surface area contributed by atoms with Crippen LogP contribution in [-0.4, -0.2) is 65.3 Å². The molecule has 9 heteroatoms. The predicted molar refractivity (Wildman–Crippen MR) is 140 cm³/mol. The van der Waals surface area contributed by atoms with Crippen LogP contribution in [0.15, 0.2) is 48.5 Å². The summed E-state index contributed by atoms with van der Waals surface area (Å²) < 4.78 is 5.25. The fourth-order valence-corrected chi connectivity index (χ4v) is 4.45. The Morgan fingerprint density at radius 3 is 2.39 bits per heavy atom. The maximum absolute atomic E-state index is 12.2. The minimum absolute atomic E-state index is 0.226. The molecule has 9 nitrogen and oxygen atoms in total. The second-order valence-corrected chi connectivity index (χ2v) is 9.44. The van der Waals surface area contributed by atoms with E-state index in [2.05, 4.69) is 10.2 Å². The van der Waals surface area contributed by atoms with Gasteiger partial charge >= 0.3 is 12.1 Å². The van der Waals surface area contributed by atoms with Gasteiger partial charge < -0.3 is 25.0 Å². The number of carboxylic acid groups (broad SMARTS) is 1. The van der Waals surface area contributed by atoms with Crippen LogP contribution in [0.2, 0.25) is 0 Å². The number of carbonyl (C=O) groups is 2. The first-order valence-electron chi connectivity index (χ1n) is 12.3. The van der Waals surface area contributed by atoms with E-state index in [9.17, 15) is 14.7 Å². The number of para-hydroxylation sites is 1. The molecular formula is C27H33N5O4. The number of amides is 1. The molecule has 4 rings (SSSR count). The molecular weight excluding hydrogens is 458 g/mol. The van der Waals surface area contributed by atoms with Crippen LogP contribution < -0.4 is 15.0 Å². The van der Waals surface area contributed by atoms with Crippen molar-refractivity contribution in [2.24, 2.45) is 0 Å². The topological polar surface area (TPSA) is 108 Å². The molecule has 2 aromatic carbocycles. The van der Waals surface area contributed by atoms with Crippen molar-refractivity contribution in [2.45, 2.75) is 50.6 Å². The third-order valence-corrected chi connectivity index (χ3v) is 6.57. The van der Waals surface area contributed by atoms with Gasteiger partial charge in [-0.25, -0.2) is 14.6 Å². The van der Waals surface area contributed by atoms with Crippen molar-refractivity contribution < 1.29 is 19.4 Å². The average molecular weight is 492 g/mol. The minimum Gasteiger partial charge on any atom is -0.480 e. The summed E-state index contributed by atoms with van der Waals surface area (Å²) in [5, 5.41) is 13.9. The van der Waals surface area contributed by atoms with Gasteiger partial charge in [0.15, 0.2) is 0 Å². The zero-order valence-corrected chi connectivity index (χ0v) is 21.0. The van der Waals surface area contributed by atoms with Crippen LogP contribution >= 0.6 is 0 Å². The van der Waals surface area contributed by atoms with Gasteiger partial charge in [-0.15, -0.1) is 0 Å². The Hall–Kier alpha value is -3.88. The highest BCUT2D eigenvalue weighted by molar-refractivity contribution is 5.92. The maximum atomic E-state index is 12.2. The second kappa shape index (κ2) is 11.2. The van der Waals surface area contributed by atoms with Crippen molar-refractivity contribution in [1.82, 2.24) is 14.9 Å². The first kappa shape index (κ1) is 25.2. The molecule has 0 aliphatic heterocycles. The number of nitrogens with one attached hydrogen (secondary N) is 1. The van der Waals surface area contributed by atoms with E-state index >= 15 is 0 Å². The largest absolute Gasteiger partial charge is 0.480 e. The number of ether oxygens (including phenoxy) is 1. The summed E-state index contributed by atoms with van der Waals surface area (Å²) in [5.41, 5.74) is 1.56. The summed E-state index contributed by atoms with van der Waals surface area (Å²) in [4.78, 5) is 37.0. The Morgan fingerprint density at radius 1 is 1.03 bits per heavy atom. The van der Waals surface area contributed by atoms with Gasteiger partial charge in [0.2, 0.25) is 5.95 Å². The lowest BCUT2D eigenvalue weighted by Gasteiger charge is -2.31. The van der Waals surface area contributed by atoms with Crippen molar-refractivity contribution in [2.75, 3.05) is 31.4 Å². The van der Waals surface area contributed by atoms with E-state index in [4.69, 9.17) is 14.7 Å². The number of rotatable bonds is 8. The third-order valence-electron chi connectivity index (χ3n) is 6.57. The van der Waals surface area contributed by atoms with Crippen LogP contribution in [0, 0.1) is 0 Å². The molecule has 2 N–H and O–H groups in total. The van der Waals surface area contributed by atoms with E-state index in [0.29, 0.717) is 23.6 Å². The number of nitrogens with zero attached hydrogens (tertiary/aromatic N) is 4. The highest BCUT2D eigenvalue weighted by atomic mass is 16.6. The maximum Gasteiger partial charge on any atom is 0.414 e. The summed E-state index contributed by atoms with van der Waals surface area (Å²) in [6.45, 7) is 0.